The number of ether oxygens (including phenoxy) is 1. The minimum atomic E-state index is -3.69. The van der Waals surface area contributed by atoms with Crippen LogP contribution in [0, 0.1) is 6.92 Å². The monoisotopic (exact) mass is 515 g/mol. The Labute approximate surface area is 216 Å². The first-order chi connectivity index (χ1) is 17.7. The normalized spacial score (nSPS) is 14.1. The van der Waals surface area contributed by atoms with Crippen LogP contribution in [0.5, 0.6) is 5.75 Å². The second-order valence-corrected chi connectivity index (χ2v) is 11.1. The highest BCUT2D eigenvalue weighted by molar-refractivity contribution is 7.89. The molecule has 0 fully saturated rings. The average Bonchev–Trinajstić information content (AvgIpc) is 3.11. The van der Waals surface area contributed by atoms with Crippen LogP contribution in [0.3, 0.4) is 0 Å². The van der Waals surface area contributed by atoms with Crippen molar-refractivity contribution in [2.45, 2.75) is 39.8 Å². The zero-order chi connectivity index (χ0) is 26.2. The predicted molar refractivity (Wildman–Crippen MR) is 145 cm³/mol. The molecule has 3 aromatic carbocycles. The maximum Gasteiger partial charge on any atom is 0.258 e. The number of para-hydroxylation sites is 2. The summed E-state index contributed by atoms with van der Waals surface area (Å²) in [5.74, 6) is 0.997. The Morgan fingerprint density at radius 1 is 1.11 bits per heavy atom. The number of carbonyl (C=O) groups excluding carboxylic acids is 1. The van der Waals surface area contributed by atoms with E-state index >= 15 is 0 Å². The number of aromatic nitrogens is 2. The second-order valence-electron chi connectivity index (χ2n) is 9.38. The number of aryl methyl sites for hydroxylation is 2. The molecule has 1 amide bonds. The van der Waals surface area contributed by atoms with E-state index in [2.05, 4.69) is 42.7 Å². The van der Waals surface area contributed by atoms with Gasteiger partial charge in [-0.2, -0.15) is 0 Å². The number of carbonyl (C=O) groups is 1. The van der Waals surface area contributed by atoms with E-state index in [9.17, 15) is 13.2 Å². The van der Waals surface area contributed by atoms with E-state index in [4.69, 9.17) is 9.72 Å². The molecule has 0 radical (unpaired) electrons. The summed E-state index contributed by atoms with van der Waals surface area (Å²) in [5, 5.41) is 0. The highest BCUT2D eigenvalue weighted by atomic mass is 32.2. The molecule has 37 heavy (non-hydrogen) atoms. The van der Waals surface area contributed by atoms with Gasteiger partial charge >= 0.3 is 0 Å². The number of benzene rings is 3. The molecule has 0 saturated carbocycles. The Kier molecular flexibility index (Phi) is 6.60. The van der Waals surface area contributed by atoms with Crippen LogP contribution in [0.25, 0.3) is 16.6 Å². The number of nitrogens with one attached hydrogen (secondary N) is 1. The maximum absolute atomic E-state index is 12.6. The van der Waals surface area contributed by atoms with Crippen LogP contribution in [0.2, 0.25) is 0 Å². The lowest BCUT2D eigenvalue weighted by Crippen LogP contribution is -2.27. The van der Waals surface area contributed by atoms with Gasteiger partial charge in [-0.1, -0.05) is 49.4 Å². The summed E-state index contributed by atoms with van der Waals surface area (Å²) >= 11 is 0. The molecule has 1 aromatic heterocycles. The van der Waals surface area contributed by atoms with Crippen molar-refractivity contribution < 1.29 is 17.9 Å². The van der Waals surface area contributed by atoms with Crippen molar-refractivity contribution in [2.75, 3.05) is 6.26 Å². The lowest BCUT2D eigenvalue weighted by atomic mass is 9.92. The molecule has 4 aromatic rings. The molecule has 0 saturated heterocycles. The van der Waals surface area contributed by atoms with Crippen molar-refractivity contribution in [1.82, 2.24) is 14.3 Å². The van der Waals surface area contributed by atoms with Crippen molar-refractivity contribution in [2.24, 2.45) is 0 Å². The van der Waals surface area contributed by atoms with Gasteiger partial charge in [-0.25, -0.2) is 18.1 Å². The van der Waals surface area contributed by atoms with Gasteiger partial charge in [-0.05, 0) is 59.4 Å². The van der Waals surface area contributed by atoms with E-state index in [0.29, 0.717) is 24.5 Å². The summed E-state index contributed by atoms with van der Waals surface area (Å²) in [6.07, 6.45) is 4.18. The molecule has 0 aliphatic carbocycles. The lowest BCUT2D eigenvalue weighted by molar-refractivity contribution is -0.114. The Hall–Kier alpha value is -3.91. The van der Waals surface area contributed by atoms with E-state index in [1.54, 1.807) is 0 Å². The Morgan fingerprint density at radius 3 is 2.70 bits per heavy atom. The number of amides is 1. The number of nitrogens with zero attached hydrogens (tertiary/aromatic N) is 2. The van der Waals surface area contributed by atoms with Crippen LogP contribution in [0.4, 0.5) is 0 Å². The summed E-state index contributed by atoms with van der Waals surface area (Å²) in [5.41, 5.74) is 7.49. The van der Waals surface area contributed by atoms with Gasteiger partial charge in [0.25, 0.3) is 5.91 Å². The van der Waals surface area contributed by atoms with Crippen molar-refractivity contribution in [3.63, 3.8) is 0 Å². The fourth-order valence-corrected chi connectivity index (χ4v) is 5.28. The molecule has 1 N–H and O–H groups in total. The zero-order valence-electron chi connectivity index (χ0n) is 21.1. The molecular weight excluding hydrogens is 486 g/mol. The van der Waals surface area contributed by atoms with Crippen molar-refractivity contribution in [3.05, 3.63) is 100 Å². The van der Waals surface area contributed by atoms with Gasteiger partial charge in [0.15, 0.2) is 0 Å². The molecule has 1 aliphatic heterocycles. The van der Waals surface area contributed by atoms with Crippen LogP contribution in [0.15, 0.2) is 66.7 Å². The van der Waals surface area contributed by atoms with Crippen LogP contribution in [-0.4, -0.2) is 30.1 Å². The van der Waals surface area contributed by atoms with E-state index in [1.165, 1.54) is 6.08 Å². The van der Waals surface area contributed by atoms with Crippen LogP contribution in [-0.2, 0) is 34.4 Å². The second kappa shape index (κ2) is 9.86. The Morgan fingerprint density at radius 2 is 1.92 bits per heavy atom. The van der Waals surface area contributed by atoms with Gasteiger partial charge in [-0.3, -0.25) is 4.79 Å². The standard InChI is InChI=1S/C29H29N3O4S/c1-4-8-27-30-29-19(2)9-7-11-25(29)32(27)17-20-13-14-22-21(15-20)18-36-26-12-6-5-10-23(26)24(22)16-28(33)31-37(3,34)35/h5-7,9-16H,4,8,17-18H2,1-3H3,(H,31,33)/b24-16+. The Balaban J connectivity index is 1.58. The highest BCUT2D eigenvalue weighted by Gasteiger charge is 2.21. The van der Waals surface area contributed by atoms with Crippen LogP contribution >= 0.6 is 0 Å². The van der Waals surface area contributed by atoms with Crippen LogP contribution < -0.4 is 9.46 Å². The first kappa shape index (κ1) is 24.8. The average molecular weight is 516 g/mol. The topological polar surface area (TPSA) is 90.3 Å². The largest absolute Gasteiger partial charge is 0.488 e. The van der Waals surface area contributed by atoms with Gasteiger partial charge < -0.3 is 9.30 Å². The quantitative estimate of drug-likeness (QED) is 0.375. The first-order valence-corrected chi connectivity index (χ1v) is 14.1. The molecule has 0 bridgehead atoms. The van der Waals surface area contributed by atoms with E-state index < -0.39 is 15.9 Å². The van der Waals surface area contributed by atoms with Gasteiger partial charge in [0.2, 0.25) is 10.0 Å². The number of rotatable bonds is 6. The van der Waals surface area contributed by atoms with E-state index in [0.717, 1.165) is 63.8 Å². The summed E-state index contributed by atoms with van der Waals surface area (Å²) in [4.78, 5) is 17.5. The summed E-state index contributed by atoms with van der Waals surface area (Å²) in [7, 11) is -3.69. The van der Waals surface area contributed by atoms with Gasteiger partial charge in [0, 0.05) is 24.6 Å². The number of hydrogen-bond acceptors (Lipinski definition) is 5. The SMILES string of the molecule is CCCc1nc2c(C)cccc2n1Cc1ccc2c(c1)COc1ccccc1/C2=C/C(=O)NS(C)(=O)=O. The molecule has 2 heterocycles. The lowest BCUT2D eigenvalue weighted by Gasteiger charge is -2.14. The molecule has 0 unspecified atom stereocenters. The molecule has 8 heteroatoms. The maximum atomic E-state index is 12.6. The summed E-state index contributed by atoms with van der Waals surface area (Å²) in [6.45, 7) is 5.22. The summed E-state index contributed by atoms with van der Waals surface area (Å²) in [6, 6.07) is 19.8. The third-order valence-corrected chi connectivity index (χ3v) is 7.03. The molecule has 190 valence electrons. The molecule has 5 rings (SSSR count). The van der Waals surface area contributed by atoms with Crippen molar-refractivity contribution in [1.29, 1.82) is 0 Å². The number of fused-ring (bicyclic) bond motifs is 3. The van der Waals surface area contributed by atoms with E-state index in [1.807, 2.05) is 41.1 Å². The van der Waals surface area contributed by atoms with Crippen molar-refractivity contribution >= 4 is 32.5 Å². The highest BCUT2D eigenvalue weighted by Crippen LogP contribution is 2.37. The number of hydrogen-bond donors (Lipinski definition) is 1. The summed E-state index contributed by atoms with van der Waals surface area (Å²) < 4.78 is 33.7. The predicted octanol–water partition coefficient (Wildman–Crippen LogP) is 4.75. The third kappa shape index (κ3) is 5.15. The third-order valence-electron chi connectivity index (χ3n) is 6.46. The molecule has 1 aliphatic rings. The molecule has 0 atom stereocenters. The minimum absolute atomic E-state index is 0.330. The molecular formula is C29H29N3O4S. The fraction of sp³-hybridized carbons (Fsp3) is 0.241. The first-order valence-electron chi connectivity index (χ1n) is 12.3. The smallest absolute Gasteiger partial charge is 0.258 e. The number of sulfonamides is 1. The van der Waals surface area contributed by atoms with E-state index in [-0.39, 0.29) is 0 Å². The fourth-order valence-electron chi connectivity index (χ4n) is 4.85. The van der Waals surface area contributed by atoms with Crippen LogP contribution in [0.1, 0.15) is 47.0 Å². The van der Waals surface area contributed by atoms with Crippen molar-refractivity contribution in [3.8, 4) is 5.75 Å². The molecule has 7 nitrogen and oxygen atoms in total. The molecule has 0 spiro atoms. The van der Waals surface area contributed by atoms with Gasteiger partial charge in [-0.15, -0.1) is 0 Å². The van der Waals surface area contributed by atoms with Gasteiger partial charge in [0.1, 0.15) is 18.2 Å². The minimum Gasteiger partial charge on any atom is -0.488 e. The Bertz CT molecular complexity index is 1650. The van der Waals surface area contributed by atoms with Gasteiger partial charge in [0.05, 0.1) is 17.3 Å². The number of imidazole rings is 1. The zero-order valence-corrected chi connectivity index (χ0v) is 21.9.